The molecule has 2 rings (SSSR count). The van der Waals surface area contributed by atoms with Gasteiger partial charge in [0.05, 0.1) is 6.10 Å². The Morgan fingerprint density at radius 2 is 1.93 bits per heavy atom. The van der Waals surface area contributed by atoms with Crippen LogP contribution in [0.15, 0.2) is 0 Å². The van der Waals surface area contributed by atoms with Crippen molar-refractivity contribution in [2.75, 3.05) is 6.54 Å². The van der Waals surface area contributed by atoms with Crippen LogP contribution in [-0.2, 0) is 0 Å². The van der Waals surface area contributed by atoms with Crippen molar-refractivity contribution < 1.29 is 5.11 Å². The van der Waals surface area contributed by atoms with Crippen molar-refractivity contribution in [2.45, 2.75) is 70.6 Å². The largest absolute Gasteiger partial charge is 0.393 e. The molecule has 4 unspecified atom stereocenters. The molecule has 1 aliphatic carbocycles. The summed E-state index contributed by atoms with van der Waals surface area (Å²) in [5.74, 6) is 0.968. The standard InChI is InChI=1S/C13H25NO/c1-10(9-11(2)15)14-8-7-12-5-3-4-6-13(12)14/h10-13,15H,3-9H2,1-2H3. The van der Waals surface area contributed by atoms with E-state index >= 15 is 0 Å². The summed E-state index contributed by atoms with van der Waals surface area (Å²) in [6.45, 7) is 5.46. The Hall–Kier alpha value is -0.0800. The van der Waals surface area contributed by atoms with Gasteiger partial charge in [0.1, 0.15) is 0 Å². The van der Waals surface area contributed by atoms with E-state index in [1.165, 1.54) is 38.6 Å². The minimum absolute atomic E-state index is 0.150. The number of aliphatic hydroxyl groups is 1. The van der Waals surface area contributed by atoms with Crippen molar-refractivity contribution in [3.63, 3.8) is 0 Å². The van der Waals surface area contributed by atoms with Crippen molar-refractivity contribution in [1.29, 1.82) is 0 Å². The summed E-state index contributed by atoms with van der Waals surface area (Å²) < 4.78 is 0. The molecule has 0 amide bonds. The Kier molecular flexibility index (Phi) is 3.68. The van der Waals surface area contributed by atoms with Gasteiger partial charge in [-0.3, -0.25) is 4.90 Å². The molecule has 4 atom stereocenters. The lowest BCUT2D eigenvalue weighted by atomic mass is 9.85. The van der Waals surface area contributed by atoms with E-state index < -0.39 is 0 Å². The van der Waals surface area contributed by atoms with Gasteiger partial charge in [-0.2, -0.15) is 0 Å². The van der Waals surface area contributed by atoms with Crippen LogP contribution in [0.4, 0.5) is 0 Å². The van der Waals surface area contributed by atoms with Crippen LogP contribution in [0.5, 0.6) is 0 Å². The van der Waals surface area contributed by atoms with Gasteiger partial charge in [-0.15, -0.1) is 0 Å². The van der Waals surface area contributed by atoms with E-state index in [0.29, 0.717) is 6.04 Å². The van der Waals surface area contributed by atoms with E-state index in [1.807, 2.05) is 6.92 Å². The van der Waals surface area contributed by atoms with Crippen LogP contribution < -0.4 is 0 Å². The Morgan fingerprint density at radius 3 is 2.67 bits per heavy atom. The number of nitrogens with zero attached hydrogens (tertiary/aromatic N) is 1. The molecule has 2 nitrogen and oxygen atoms in total. The van der Waals surface area contributed by atoms with E-state index in [2.05, 4.69) is 11.8 Å². The van der Waals surface area contributed by atoms with Gasteiger partial charge in [0.25, 0.3) is 0 Å². The monoisotopic (exact) mass is 211 g/mol. The second kappa shape index (κ2) is 4.84. The maximum Gasteiger partial charge on any atom is 0.0526 e. The zero-order valence-corrected chi connectivity index (χ0v) is 10.2. The molecule has 0 spiro atoms. The molecule has 2 heteroatoms. The van der Waals surface area contributed by atoms with Gasteiger partial charge in [0.15, 0.2) is 0 Å². The van der Waals surface area contributed by atoms with Crippen molar-refractivity contribution in [1.82, 2.24) is 4.90 Å². The van der Waals surface area contributed by atoms with Gasteiger partial charge in [0.2, 0.25) is 0 Å². The predicted octanol–water partition coefficient (Wildman–Crippen LogP) is 2.41. The maximum absolute atomic E-state index is 9.45. The molecule has 2 aliphatic rings. The van der Waals surface area contributed by atoms with E-state index in [4.69, 9.17) is 0 Å². The Morgan fingerprint density at radius 1 is 1.20 bits per heavy atom. The highest BCUT2D eigenvalue weighted by Crippen LogP contribution is 2.37. The molecule has 1 saturated heterocycles. The minimum atomic E-state index is -0.150. The first-order chi connectivity index (χ1) is 7.18. The zero-order chi connectivity index (χ0) is 10.8. The van der Waals surface area contributed by atoms with Crippen LogP contribution in [0, 0.1) is 5.92 Å². The second-order valence-electron chi connectivity index (χ2n) is 5.57. The van der Waals surface area contributed by atoms with Crippen LogP contribution in [0.25, 0.3) is 0 Å². The highest BCUT2D eigenvalue weighted by molar-refractivity contribution is 4.92. The molecule has 1 aliphatic heterocycles. The molecule has 88 valence electrons. The average Bonchev–Trinajstić information content (AvgIpc) is 2.59. The quantitative estimate of drug-likeness (QED) is 0.775. The molecule has 2 fully saturated rings. The molecule has 0 aromatic carbocycles. The Balaban J connectivity index is 1.92. The zero-order valence-electron chi connectivity index (χ0n) is 10.2. The maximum atomic E-state index is 9.45. The van der Waals surface area contributed by atoms with Crippen LogP contribution in [-0.4, -0.2) is 34.7 Å². The van der Waals surface area contributed by atoms with Gasteiger partial charge >= 0.3 is 0 Å². The molecule has 0 radical (unpaired) electrons. The Bertz CT molecular complexity index is 205. The first-order valence-electron chi connectivity index (χ1n) is 6.62. The number of hydrogen-bond donors (Lipinski definition) is 1. The lowest BCUT2D eigenvalue weighted by molar-refractivity contribution is 0.0926. The molecule has 1 N–H and O–H groups in total. The normalized spacial score (nSPS) is 36.2. The van der Waals surface area contributed by atoms with Crippen LogP contribution in [0.3, 0.4) is 0 Å². The van der Waals surface area contributed by atoms with Gasteiger partial charge in [-0.25, -0.2) is 0 Å². The number of fused-ring (bicyclic) bond motifs is 1. The highest BCUT2D eigenvalue weighted by atomic mass is 16.3. The minimum Gasteiger partial charge on any atom is -0.393 e. The van der Waals surface area contributed by atoms with Gasteiger partial charge in [-0.1, -0.05) is 12.8 Å². The van der Waals surface area contributed by atoms with Gasteiger partial charge < -0.3 is 5.11 Å². The summed E-state index contributed by atoms with van der Waals surface area (Å²) >= 11 is 0. The second-order valence-corrected chi connectivity index (χ2v) is 5.57. The first-order valence-corrected chi connectivity index (χ1v) is 6.62. The summed E-state index contributed by atoms with van der Waals surface area (Å²) in [6.07, 6.45) is 7.89. The molecule has 1 heterocycles. The molecular formula is C13H25NO. The summed E-state index contributed by atoms with van der Waals surface area (Å²) in [7, 11) is 0. The van der Waals surface area contributed by atoms with Crippen LogP contribution in [0.1, 0.15) is 52.4 Å². The Labute approximate surface area is 93.7 Å². The third-order valence-electron chi connectivity index (χ3n) is 4.30. The summed E-state index contributed by atoms with van der Waals surface area (Å²) in [4.78, 5) is 2.66. The van der Waals surface area contributed by atoms with Crippen molar-refractivity contribution >= 4 is 0 Å². The number of rotatable bonds is 3. The SMILES string of the molecule is CC(O)CC(C)N1CCC2CCCCC21. The third-order valence-corrected chi connectivity index (χ3v) is 4.30. The summed E-state index contributed by atoms with van der Waals surface area (Å²) in [5, 5.41) is 9.45. The number of likely N-dealkylation sites (tertiary alicyclic amines) is 1. The van der Waals surface area contributed by atoms with Crippen LogP contribution in [0.2, 0.25) is 0 Å². The molecule has 0 aromatic heterocycles. The third kappa shape index (κ3) is 2.54. The predicted molar refractivity (Wildman–Crippen MR) is 62.8 cm³/mol. The van der Waals surface area contributed by atoms with E-state index in [1.54, 1.807) is 0 Å². The molecular weight excluding hydrogens is 186 g/mol. The molecule has 15 heavy (non-hydrogen) atoms. The molecule has 1 saturated carbocycles. The fraction of sp³-hybridized carbons (Fsp3) is 1.00. The van der Waals surface area contributed by atoms with E-state index in [0.717, 1.165) is 18.4 Å². The lowest BCUT2D eigenvalue weighted by Gasteiger charge is -2.36. The fourth-order valence-electron chi connectivity index (χ4n) is 3.62. The lowest BCUT2D eigenvalue weighted by Crippen LogP contribution is -2.41. The van der Waals surface area contributed by atoms with Crippen molar-refractivity contribution in [3.8, 4) is 0 Å². The topological polar surface area (TPSA) is 23.5 Å². The summed E-state index contributed by atoms with van der Waals surface area (Å²) in [6, 6.07) is 1.41. The fourth-order valence-corrected chi connectivity index (χ4v) is 3.62. The van der Waals surface area contributed by atoms with Gasteiger partial charge in [0, 0.05) is 12.1 Å². The smallest absolute Gasteiger partial charge is 0.0526 e. The average molecular weight is 211 g/mol. The van der Waals surface area contributed by atoms with Crippen LogP contribution >= 0.6 is 0 Å². The van der Waals surface area contributed by atoms with Crippen molar-refractivity contribution in [2.24, 2.45) is 5.92 Å². The van der Waals surface area contributed by atoms with Gasteiger partial charge in [-0.05, 0) is 52.0 Å². The molecule has 0 aromatic rings. The van der Waals surface area contributed by atoms with E-state index in [9.17, 15) is 5.11 Å². The van der Waals surface area contributed by atoms with E-state index in [-0.39, 0.29) is 6.10 Å². The number of hydrogen-bond acceptors (Lipinski definition) is 2. The summed E-state index contributed by atoms with van der Waals surface area (Å²) in [5.41, 5.74) is 0. The molecule has 0 bridgehead atoms. The highest BCUT2D eigenvalue weighted by Gasteiger charge is 2.37. The van der Waals surface area contributed by atoms with Crippen molar-refractivity contribution in [3.05, 3.63) is 0 Å². The number of aliphatic hydroxyl groups excluding tert-OH is 1. The first kappa shape index (κ1) is 11.4.